The average molecular weight is 197 g/mol. The van der Waals surface area contributed by atoms with E-state index in [1.165, 1.54) is 11.3 Å². The lowest BCUT2D eigenvalue weighted by atomic mass is 10.2. The number of thiazole rings is 1. The van der Waals surface area contributed by atoms with Gasteiger partial charge in [0, 0.05) is 11.6 Å². The van der Waals surface area contributed by atoms with Gasteiger partial charge in [0.25, 0.3) is 0 Å². The monoisotopic (exact) mass is 197 g/mol. The number of hydrogen-bond acceptors (Lipinski definition) is 4. The molecule has 2 rings (SSSR count). The molecule has 0 spiro atoms. The quantitative estimate of drug-likeness (QED) is 0.738. The van der Waals surface area contributed by atoms with Crippen molar-refractivity contribution in [1.29, 1.82) is 0 Å². The number of nitrogens with one attached hydrogen (secondary N) is 2. The van der Waals surface area contributed by atoms with Gasteiger partial charge in [-0.25, -0.2) is 4.98 Å². The molecule has 0 bridgehead atoms. The number of hydrogen-bond donors (Lipinski definition) is 2. The summed E-state index contributed by atoms with van der Waals surface area (Å²) >= 11 is 1.44. The van der Waals surface area contributed by atoms with Gasteiger partial charge < -0.3 is 10.6 Å². The second kappa shape index (κ2) is 3.85. The maximum atomic E-state index is 11.5. The third-order valence-corrected chi connectivity index (χ3v) is 2.73. The maximum Gasteiger partial charge on any atom is 0.243 e. The molecule has 13 heavy (non-hydrogen) atoms. The summed E-state index contributed by atoms with van der Waals surface area (Å²) in [4.78, 5) is 15.5. The minimum absolute atomic E-state index is 0.0242. The molecule has 70 valence electrons. The van der Waals surface area contributed by atoms with Crippen molar-refractivity contribution in [3.63, 3.8) is 0 Å². The van der Waals surface area contributed by atoms with Crippen LogP contribution in [0.5, 0.6) is 0 Å². The van der Waals surface area contributed by atoms with Crippen LogP contribution in [0, 0.1) is 0 Å². The van der Waals surface area contributed by atoms with Gasteiger partial charge in [-0.1, -0.05) is 0 Å². The van der Waals surface area contributed by atoms with Gasteiger partial charge >= 0.3 is 0 Å². The Balaban J connectivity index is 1.91. The standard InChI is InChI=1S/C8H11N3OS/c12-7(6-2-1-3-9-6)11-8-10-4-5-13-8/h4-6,9H,1-3H2,(H,10,11,12)/t6-/m0/s1. The Morgan fingerprint density at radius 2 is 2.69 bits per heavy atom. The van der Waals surface area contributed by atoms with Crippen molar-refractivity contribution in [1.82, 2.24) is 10.3 Å². The lowest BCUT2D eigenvalue weighted by Crippen LogP contribution is -2.35. The fourth-order valence-electron chi connectivity index (χ4n) is 1.39. The maximum absolute atomic E-state index is 11.5. The summed E-state index contributed by atoms with van der Waals surface area (Å²) in [6, 6.07) is -0.0242. The minimum Gasteiger partial charge on any atom is -0.306 e. The topological polar surface area (TPSA) is 54.0 Å². The molecule has 1 saturated heterocycles. The van der Waals surface area contributed by atoms with Crippen molar-refractivity contribution < 1.29 is 4.79 Å². The van der Waals surface area contributed by atoms with E-state index in [1.807, 2.05) is 5.38 Å². The normalized spacial score (nSPS) is 21.7. The number of carbonyl (C=O) groups is 1. The predicted octanol–water partition coefficient (Wildman–Crippen LogP) is 0.834. The van der Waals surface area contributed by atoms with Crippen molar-refractivity contribution in [2.45, 2.75) is 18.9 Å². The molecule has 0 aromatic carbocycles. The van der Waals surface area contributed by atoms with E-state index in [2.05, 4.69) is 15.6 Å². The number of carbonyl (C=O) groups excluding carboxylic acids is 1. The van der Waals surface area contributed by atoms with E-state index >= 15 is 0 Å². The van der Waals surface area contributed by atoms with Crippen LogP contribution >= 0.6 is 11.3 Å². The van der Waals surface area contributed by atoms with Crippen molar-refractivity contribution in [2.24, 2.45) is 0 Å². The molecule has 4 nitrogen and oxygen atoms in total. The van der Waals surface area contributed by atoms with E-state index in [4.69, 9.17) is 0 Å². The smallest absolute Gasteiger partial charge is 0.243 e. The molecule has 1 aliphatic heterocycles. The van der Waals surface area contributed by atoms with Crippen LogP contribution in [0.15, 0.2) is 11.6 Å². The van der Waals surface area contributed by atoms with Crippen LogP contribution in [0.4, 0.5) is 5.13 Å². The van der Waals surface area contributed by atoms with Gasteiger partial charge in [-0.05, 0) is 19.4 Å². The first-order valence-corrected chi connectivity index (χ1v) is 5.18. The molecule has 0 aliphatic carbocycles. The predicted molar refractivity (Wildman–Crippen MR) is 51.8 cm³/mol. The largest absolute Gasteiger partial charge is 0.306 e. The summed E-state index contributed by atoms with van der Waals surface area (Å²) < 4.78 is 0. The Hall–Kier alpha value is -0.940. The van der Waals surface area contributed by atoms with E-state index < -0.39 is 0 Å². The zero-order chi connectivity index (χ0) is 9.10. The van der Waals surface area contributed by atoms with E-state index in [1.54, 1.807) is 6.20 Å². The fraction of sp³-hybridized carbons (Fsp3) is 0.500. The van der Waals surface area contributed by atoms with Gasteiger partial charge in [0.1, 0.15) is 0 Å². The highest BCUT2D eigenvalue weighted by Crippen LogP contribution is 2.12. The molecular weight excluding hydrogens is 186 g/mol. The Morgan fingerprint density at radius 1 is 1.77 bits per heavy atom. The second-order valence-electron chi connectivity index (χ2n) is 2.98. The SMILES string of the molecule is O=C(Nc1nccs1)[C@@H]1CCCN1. The third kappa shape index (κ3) is 2.05. The Morgan fingerprint density at radius 3 is 3.31 bits per heavy atom. The molecule has 1 aromatic heterocycles. The molecule has 5 heteroatoms. The van der Waals surface area contributed by atoms with Crippen molar-refractivity contribution in [3.8, 4) is 0 Å². The first-order chi connectivity index (χ1) is 6.36. The van der Waals surface area contributed by atoms with Crippen LogP contribution in [0.25, 0.3) is 0 Å². The van der Waals surface area contributed by atoms with E-state index in [-0.39, 0.29) is 11.9 Å². The molecular formula is C8H11N3OS. The lowest BCUT2D eigenvalue weighted by Gasteiger charge is -2.08. The van der Waals surface area contributed by atoms with Gasteiger partial charge in [0.2, 0.25) is 5.91 Å². The molecule has 1 amide bonds. The number of nitrogens with zero attached hydrogens (tertiary/aromatic N) is 1. The van der Waals surface area contributed by atoms with Gasteiger partial charge in [0.15, 0.2) is 5.13 Å². The van der Waals surface area contributed by atoms with Crippen LogP contribution in [0.1, 0.15) is 12.8 Å². The first kappa shape index (κ1) is 8.65. The zero-order valence-corrected chi connectivity index (χ0v) is 7.93. The van der Waals surface area contributed by atoms with E-state index in [0.717, 1.165) is 19.4 Å². The highest BCUT2D eigenvalue weighted by Gasteiger charge is 2.22. The van der Waals surface area contributed by atoms with Crippen molar-refractivity contribution >= 4 is 22.4 Å². The summed E-state index contributed by atoms with van der Waals surface area (Å²) in [6.45, 7) is 0.940. The van der Waals surface area contributed by atoms with Crippen LogP contribution < -0.4 is 10.6 Å². The summed E-state index contributed by atoms with van der Waals surface area (Å²) in [6.07, 6.45) is 3.69. The van der Waals surface area contributed by atoms with Crippen LogP contribution in [0.2, 0.25) is 0 Å². The summed E-state index contributed by atoms with van der Waals surface area (Å²) in [5.41, 5.74) is 0. The molecule has 2 heterocycles. The van der Waals surface area contributed by atoms with Crippen molar-refractivity contribution in [3.05, 3.63) is 11.6 Å². The number of anilines is 1. The summed E-state index contributed by atoms with van der Waals surface area (Å²) in [5.74, 6) is 0.0347. The van der Waals surface area contributed by atoms with Gasteiger partial charge in [-0.3, -0.25) is 4.79 Å². The Kier molecular flexibility index (Phi) is 2.56. The molecule has 1 aromatic rings. The molecule has 2 N–H and O–H groups in total. The minimum atomic E-state index is -0.0242. The van der Waals surface area contributed by atoms with Gasteiger partial charge in [0.05, 0.1) is 6.04 Å². The molecule has 0 saturated carbocycles. The van der Waals surface area contributed by atoms with Gasteiger partial charge in [-0.2, -0.15) is 0 Å². The fourth-order valence-corrected chi connectivity index (χ4v) is 1.92. The van der Waals surface area contributed by atoms with Crippen LogP contribution in [0.3, 0.4) is 0 Å². The summed E-state index contributed by atoms with van der Waals surface area (Å²) in [7, 11) is 0. The molecule has 1 fully saturated rings. The summed E-state index contributed by atoms with van der Waals surface area (Å²) in [5, 5.41) is 8.43. The third-order valence-electron chi connectivity index (χ3n) is 2.04. The second-order valence-corrected chi connectivity index (χ2v) is 3.87. The lowest BCUT2D eigenvalue weighted by molar-refractivity contribution is -0.117. The zero-order valence-electron chi connectivity index (χ0n) is 7.12. The van der Waals surface area contributed by atoms with E-state index in [9.17, 15) is 4.79 Å². The molecule has 1 atom stereocenters. The Labute approximate surface area is 80.4 Å². The van der Waals surface area contributed by atoms with Crippen LogP contribution in [-0.4, -0.2) is 23.5 Å². The average Bonchev–Trinajstić information content (AvgIpc) is 2.74. The van der Waals surface area contributed by atoms with Gasteiger partial charge in [-0.15, -0.1) is 11.3 Å². The van der Waals surface area contributed by atoms with Crippen molar-refractivity contribution in [2.75, 3.05) is 11.9 Å². The number of aromatic nitrogens is 1. The highest BCUT2D eigenvalue weighted by atomic mass is 32.1. The Bertz CT molecular complexity index is 280. The number of amides is 1. The molecule has 0 radical (unpaired) electrons. The molecule has 1 aliphatic rings. The van der Waals surface area contributed by atoms with E-state index in [0.29, 0.717) is 5.13 Å². The highest BCUT2D eigenvalue weighted by molar-refractivity contribution is 7.13. The van der Waals surface area contributed by atoms with Crippen LogP contribution in [-0.2, 0) is 4.79 Å². The molecule has 0 unspecified atom stereocenters. The first-order valence-electron chi connectivity index (χ1n) is 4.30. The number of rotatable bonds is 2.